The predicted molar refractivity (Wildman–Crippen MR) is 133 cm³/mol. The molecule has 2 aromatic rings. The fourth-order valence-corrected chi connectivity index (χ4v) is 2.84. The van der Waals surface area contributed by atoms with Crippen molar-refractivity contribution in [2.45, 2.75) is 59.8 Å². The average Bonchev–Trinajstić information content (AvgIpc) is 2.76. The number of carbonyl (C=O) groups is 1. The molecule has 190 valence electrons. The fourth-order valence-electron chi connectivity index (χ4n) is 2.63. The van der Waals surface area contributed by atoms with E-state index < -0.39 is 29.0 Å². The third-order valence-corrected chi connectivity index (χ3v) is 4.93. The maximum Gasteiger partial charge on any atom is 0.277 e. The second-order valence-corrected chi connectivity index (χ2v) is 9.17. The van der Waals surface area contributed by atoms with Crippen molar-refractivity contribution in [3.63, 3.8) is 0 Å². The molecule has 0 aliphatic carbocycles. The molecule has 1 unspecified atom stereocenters. The highest BCUT2D eigenvalue weighted by atomic mass is 32.1. The second-order valence-electron chi connectivity index (χ2n) is 8.60. The lowest BCUT2D eigenvalue weighted by molar-refractivity contribution is 0.0131. The summed E-state index contributed by atoms with van der Waals surface area (Å²) in [6, 6.07) is 6.11. The van der Waals surface area contributed by atoms with Gasteiger partial charge in [-0.2, -0.15) is 0 Å². The molecule has 0 spiro atoms. The van der Waals surface area contributed by atoms with Gasteiger partial charge >= 0.3 is 0 Å². The van der Waals surface area contributed by atoms with Gasteiger partial charge in [0, 0.05) is 13.0 Å². The summed E-state index contributed by atoms with van der Waals surface area (Å²) in [6.07, 6.45) is 1.26. The van der Waals surface area contributed by atoms with Crippen LogP contribution in [0.3, 0.4) is 0 Å². The van der Waals surface area contributed by atoms with Crippen LogP contribution in [0, 0.1) is 29.8 Å². The molecule has 1 amide bonds. The zero-order chi connectivity index (χ0) is 25.9. The quantitative estimate of drug-likeness (QED) is 0.143. The minimum atomic E-state index is -1.31. The molecule has 0 aromatic heterocycles. The van der Waals surface area contributed by atoms with Crippen LogP contribution < -0.4 is 10.8 Å². The number of aryl methyl sites for hydroxylation is 1. The number of thiol groups is 1. The molecule has 0 bridgehead atoms. The lowest BCUT2D eigenvalue weighted by atomic mass is 9.93. The van der Waals surface area contributed by atoms with Crippen LogP contribution >= 0.6 is 12.6 Å². The van der Waals surface area contributed by atoms with E-state index in [1.54, 1.807) is 13.0 Å². The van der Waals surface area contributed by atoms with E-state index in [0.29, 0.717) is 18.6 Å². The third-order valence-electron chi connectivity index (χ3n) is 4.52. The molecule has 0 aliphatic rings. The molecular weight excluding hydrogens is 465 g/mol. The lowest BCUT2D eigenvalue weighted by Crippen LogP contribution is -2.26. The molecule has 1 atom stereocenters. The van der Waals surface area contributed by atoms with Gasteiger partial charge < -0.3 is 10.1 Å². The summed E-state index contributed by atoms with van der Waals surface area (Å²) in [5.74, 6) is -3.96. The van der Waals surface area contributed by atoms with Gasteiger partial charge in [0.1, 0.15) is 11.3 Å². The SMILES string of the molecule is CC.Cc1ccc(Nc2c(C(=O)NOCCC(S)OCCC(C)(C)C)ccc(F)c2F)c(F)c1. The summed E-state index contributed by atoms with van der Waals surface area (Å²) in [6.45, 7) is 12.7. The molecule has 2 aromatic carbocycles. The summed E-state index contributed by atoms with van der Waals surface area (Å²) < 4.78 is 47.9. The fraction of sp³-hybridized carbons (Fsp3) is 0.480. The Bertz CT molecular complexity index is 936. The first-order valence-corrected chi connectivity index (χ1v) is 11.7. The van der Waals surface area contributed by atoms with Gasteiger partial charge in [-0.25, -0.2) is 18.7 Å². The number of hydrogen-bond acceptors (Lipinski definition) is 5. The Hall–Kier alpha value is -2.23. The summed E-state index contributed by atoms with van der Waals surface area (Å²) >= 11 is 4.32. The van der Waals surface area contributed by atoms with E-state index >= 15 is 0 Å². The molecule has 0 heterocycles. The topological polar surface area (TPSA) is 59.6 Å². The van der Waals surface area contributed by atoms with Gasteiger partial charge in [-0.3, -0.25) is 9.63 Å². The van der Waals surface area contributed by atoms with Crippen LogP contribution in [-0.2, 0) is 9.57 Å². The molecule has 0 fully saturated rings. The molecule has 2 N–H and O–H groups in total. The Morgan fingerprint density at radius 1 is 1.06 bits per heavy atom. The Morgan fingerprint density at radius 3 is 2.35 bits per heavy atom. The number of nitrogens with one attached hydrogen (secondary N) is 2. The number of halogens is 3. The normalized spacial score (nSPS) is 11.9. The number of benzene rings is 2. The molecule has 0 radical (unpaired) electrons. The Kier molecular flexibility index (Phi) is 12.5. The zero-order valence-electron chi connectivity index (χ0n) is 20.6. The van der Waals surface area contributed by atoms with Crippen LogP contribution in [0.4, 0.5) is 24.5 Å². The molecule has 0 saturated heterocycles. The summed E-state index contributed by atoms with van der Waals surface area (Å²) in [7, 11) is 0. The van der Waals surface area contributed by atoms with Crippen molar-refractivity contribution in [3.8, 4) is 0 Å². The van der Waals surface area contributed by atoms with Crippen molar-refractivity contribution in [2.24, 2.45) is 5.41 Å². The number of rotatable bonds is 10. The van der Waals surface area contributed by atoms with Gasteiger partial charge in [0.25, 0.3) is 5.91 Å². The summed E-state index contributed by atoms with van der Waals surface area (Å²) in [4.78, 5) is 17.6. The van der Waals surface area contributed by atoms with Crippen LogP contribution in [0.5, 0.6) is 0 Å². The van der Waals surface area contributed by atoms with Crippen LogP contribution in [0.2, 0.25) is 0 Å². The van der Waals surface area contributed by atoms with Gasteiger partial charge in [-0.1, -0.05) is 40.7 Å². The maximum atomic E-state index is 14.4. The second kappa shape index (κ2) is 14.2. The molecule has 34 heavy (non-hydrogen) atoms. The first kappa shape index (κ1) is 29.8. The monoisotopic (exact) mass is 500 g/mol. The first-order chi connectivity index (χ1) is 16.0. The highest BCUT2D eigenvalue weighted by Gasteiger charge is 2.20. The van der Waals surface area contributed by atoms with Crippen LogP contribution in [0.1, 0.15) is 63.4 Å². The predicted octanol–water partition coefficient (Wildman–Crippen LogP) is 6.94. The summed E-state index contributed by atoms with van der Waals surface area (Å²) in [5, 5.41) is 2.46. The average molecular weight is 501 g/mol. The molecule has 0 aliphatic heterocycles. The Labute approximate surface area is 205 Å². The number of ether oxygens (including phenoxy) is 1. The highest BCUT2D eigenvalue weighted by Crippen LogP contribution is 2.28. The number of amides is 1. The minimum Gasteiger partial charge on any atom is -0.368 e. The number of carbonyl (C=O) groups excluding carboxylic acids is 1. The Balaban J connectivity index is 0.00000281. The van der Waals surface area contributed by atoms with Crippen molar-refractivity contribution in [1.29, 1.82) is 0 Å². The van der Waals surface area contributed by atoms with Crippen molar-refractivity contribution in [2.75, 3.05) is 18.5 Å². The molecule has 2 rings (SSSR count). The maximum absolute atomic E-state index is 14.4. The molecular formula is C25H35F3N2O3S. The molecule has 9 heteroatoms. The number of hydrogen-bond donors (Lipinski definition) is 3. The molecule has 0 saturated carbocycles. The molecule has 5 nitrogen and oxygen atoms in total. The smallest absolute Gasteiger partial charge is 0.277 e. The first-order valence-electron chi connectivity index (χ1n) is 11.2. The minimum absolute atomic E-state index is 0.0917. The van der Waals surface area contributed by atoms with E-state index in [-0.39, 0.29) is 28.7 Å². The van der Waals surface area contributed by atoms with Gasteiger partial charge in [-0.05, 0) is 48.6 Å². The van der Waals surface area contributed by atoms with Crippen LogP contribution in [0.15, 0.2) is 30.3 Å². The highest BCUT2D eigenvalue weighted by molar-refractivity contribution is 7.80. The lowest BCUT2D eigenvalue weighted by Gasteiger charge is -2.19. The number of hydroxylamine groups is 1. The van der Waals surface area contributed by atoms with Crippen molar-refractivity contribution in [1.82, 2.24) is 5.48 Å². The van der Waals surface area contributed by atoms with Crippen LogP contribution in [0.25, 0.3) is 0 Å². The zero-order valence-corrected chi connectivity index (χ0v) is 21.5. The van der Waals surface area contributed by atoms with Crippen molar-refractivity contribution in [3.05, 3.63) is 58.9 Å². The van der Waals surface area contributed by atoms with E-state index in [9.17, 15) is 18.0 Å². The van der Waals surface area contributed by atoms with Gasteiger partial charge in [0.2, 0.25) is 0 Å². The van der Waals surface area contributed by atoms with Gasteiger partial charge in [0.05, 0.1) is 23.5 Å². The standard InChI is InChI=1S/C23H29F3N2O3S.C2H6/c1-14-5-8-18(17(25)13-14)27-21-15(6-7-16(24)20(21)26)22(29)28-31-11-9-19(32)30-12-10-23(2,3)4;1-2/h5-8,13,19,27,32H,9-12H2,1-4H3,(H,28,29);1-2H3. The van der Waals surface area contributed by atoms with E-state index in [4.69, 9.17) is 9.57 Å². The Morgan fingerprint density at radius 2 is 1.74 bits per heavy atom. The van der Waals surface area contributed by atoms with Crippen molar-refractivity contribution < 1.29 is 27.5 Å². The number of anilines is 2. The van der Waals surface area contributed by atoms with E-state index in [2.05, 4.69) is 44.2 Å². The largest absolute Gasteiger partial charge is 0.368 e. The van der Waals surface area contributed by atoms with Gasteiger partial charge in [0.15, 0.2) is 11.6 Å². The van der Waals surface area contributed by atoms with Crippen molar-refractivity contribution >= 4 is 29.9 Å². The van der Waals surface area contributed by atoms with E-state index in [1.807, 2.05) is 13.8 Å². The van der Waals surface area contributed by atoms with Crippen LogP contribution in [-0.4, -0.2) is 24.6 Å². The van der Waals surface area contributed by atoms with Gasteiger partial charge in [-0.15, -0.1) is 12.6 Å². The summed E-state index contributed by atoms with van der Waals surface area (Å²) in [5.41, 5.74) is 1.78. The van der Waals surface area contributed by atoms with E-state index in [1.165, 1.54) is 12.1 Å². The van der Waals surface area contributed by atoms with E-state index in [0.717, 1.165) is 18.6 Å². The third kappa shape index (κ3) is 9.95.